The minimum atomic E-state index is -0.117. The van der Waals surface area contributed by atoms with Crippen molar-refractivity contribution in [2.24, 2.45) is 5.92 Å². The summed E-state index contributed by atoms with van der Waals surface area (Å²) in [5.74, 6) is 0.529. The third-order valence-electron chi connectivity index (χ3n) is 4.05. The second-order valence-corrected chi connectivity index (χ2v) is 7.73. The zero-order chi connectivity index (χ0) is 16.3. The van der Waals surface area contributed by atoms with Crippen LogP contribution in [0.2, 0.25) is 0 Å². The van der Waals surface area contributed by atoms with Crippen LogP contribution in [0.4, 0.5) is 0 Å². The smallest absolute Gasteiger partial charge is 0.162 e. The summed E-state index contributed by atoms with van der Waals surface area (Å²) >= 11 is 0. The maximum atomic E-state index is 5.91. The van der Waals surface area contributed by atoms with Crippen molar-refractivity contribution in [2.45, 2.75) is 59.7 Å². The standard InChI is InChI=1S/C20H30O2/c1-14(2)12-21-19-11-17(15(3)13-22-19)16-9-7-8-10-18(16)20(4,5)6/h7-10,14,19H,11-13H2,1-6H3. The SMILES string of the molecule is CC1=C(c2ccccc2C(C)(C)C)CC(OCC(C)C)OC1. The molecule has 0 bridgehead atoms. The molecule has 0 spiro atoms. The summed E-state index contributed by atoms with van der Waals surface area (Å²) in [6, 6.07) is 8.75. The quantitative estimate of drug-likeness (QED) is 0.763. The molecule has 0 saturated carbocycles. The highest BCUT2D eigenvalue weighted by Gasteiger charge is 2.25. The van der Waals surface area contributed by atoms with E-state index in [1.54, 1.807) is 0 Å². The van der Waals surface area contributed by atoms with Gasteiger partial charge in [0.1, 0.15) is 0 Å². The number of rotatable bonds is 4. The van der Waals surface area contributed by atoms with Crippen molar-refractivity contribution in [2.75, 3.05) is 13.2 Å². The molecule has 1 heterocycles. The average molecular weight is 302 g/mol. The van der Waals surface area contributed by atoms with E-state index >= 15 is 0 Å². The number of hydrogen-bond donors (Lipinski definition) is 0. The van der Waals surface area contributed by atoms with E-state index in [0.29, 0.717) is 12.5 Å². The first kappa shape index (κ1) is 17.2. The molecule has 2 nitrogen and oxygen atoms in total. The van der Waals surface area contributed by atoms with Gasteiger partial charge in [0.05, 0.1) is 13.2 Å². The van der Waals surface area contributed by atoms with Crippen molar-refractivity contribution >= 4 is 5.57 Å². The van der Waals surface area contributed by atoms with Crippen LogP contribution in [-0.4, -0.2) is 19.5 Å². The summed E-state index contributed by atoms with van der Waals surface area (Å²) in [6.07, 6.45) is 0.722. The highest BCUT2D eigenvalue weighted by molar-refractivity contribution is 5.72. The normalized spacial score (nSPS) is 19.9. The van der Waals surface area contributed by atoms with Crippen molar-refractivity contribution in [3.63, 3.8) is 0 Å². The van der Waals surface area contributed by atoms with Crippen LogP contribution in [0.15, 0.2) is 29.8 Å². The highest BCUT2D eigenvalue weighted by atomic mass is 16.7. The third-order valence-corrected chi connectivity index (χ3v) is 4.05. The largest absolute Gasteiger partial charge is 0.352 e. The van der Waals surface area contributed by atoms with Crippen LogP contribution in [0.1, 0.15) is 59.1 Å². The van der Waals surface area contributed by atoms with E-state index in [1.165, 1.54) is 22.3 Å². The molecule has 0 amide bonds. The Hall–Kier alpha value is -1.12. The van der Waals surface area contributed by atoms with Crippen molar-refractivity contribution in [1.29, 1.82) is 0 Å². The van der Waals surface area contributed by atoms with Gasteiger partial charge in [0.25, 0.3) is 0 Å². The fourth-order valence-electron chi connectivity index (χ4n) is 2.85. The monoisotopic (exact) mass is 302 g/mol. The molecule has 0 aliphatic carbocycles. The van der Waals surface area contributed by atoms with Crippen LogP contribution in [0.5, 0.6) is 0 Å². The molecule has 0 radical (unpaired) electrons. The van der Waals surface area contributed by atoms with E-state index in [0.717, 1.165) is 13.0 Å². The molecule has 122 valence electrons. The lowest BCUT2D eigenvalue weighted by atomic mass is 9.80. The van der Waals surface area contributed by atoms with Gasteiger partial charge in [-0.05, 0) is 40.5 Å². The predicted octanol–water partition coefficient (Wildman–Crippen LogP) is 5.18. The van der Waals surface area contributed by atoms with Gasteiger partial charge in [0, 0.05) is 6.42 Å². The lowest BCUT2D eigenvalue weighted by Gasteiger charge is -2.30. The minimum absolute atomic E-state index is 0.117. The zero-order valence-electron chi connectivity index (χ0n) is 14.9. The fraction of sp³-hybridized carbons (Fsp3) is 0.600. The summed E-state index contributed by atoms with van der Waals surface area (Å²) in [7, 11) is 0. The van der Waals surface area contributed by atoms with Gasteiger partial charge in [-0.15, -0.1) is 0 Å². The van der Waals surface area contributed by atoms with Gasteiger partial charge in [0.2, 0.25) is 0 Å². The van der Waals surface area contributed by atoms with Gasteiger partial charge in [-0.2, -0.15) is 0 Å². The Morgan fingerprint density at radius 2 is 1.91 bits per heavy atom. The molecule has 2 heteroatoms. The molecule has 1 atom stereocenters. The number of ether oxygens (including phenoxy) is 2. The van der Waals surface area contributed by atoms with Gasteiger partial charge in [-0.1, -0.05) is 58.9 Å². The second kappa shape index (κ2) is 6.97. The first-order chi connectivity index (χ1) is 10.3. The van der Waals surface area contributed by atoms with Crippen LogP contribution < -0.4 is 0 Å². The molecule has 1 aromatic rings. The average Bonchev–Trinajstić information content (AvgIpc) is 2.45. The van der Waals surface area contributed by atoms with Gasteiger partial charge >= 0.3 is 0 Å². The summed E-state index contributed by atoms with van der Waals surface area (Å²) in [5, 5.41) is 0. The number of benzene rings is 1. The maximum absolute atomic E-state index is 5.91. The van der Waals surface area contributed by atoms with Crippen LogP contribution in [-0.2, 0) is 14.9 Å². The van der Waals surface area contributed by atoms with Crippen molar-refractivity contribution in [3.8, 4) is 0 Å². The Morgan fingerprint density at radius 3 is 2.55 bits per heavy atom. The Labute approximate surface area is 135 Å². The molecular weight excluding hydrogens is 272 g/mol. The zero-order valence-corrected chi connectivity index (χ0v) is 14.9. The van der Waals surface area contributed by atoms with E-state index in [-0.39, 0.29) is 11.7 Å². The topological polar surface area (TPSA) is 18.5 Å². The van der Waals surface area contributed by atoms with Crippen molar-refractivity contribution in [1.82, 2.24) is 0 Å². The first-order valence-electron chi connectivity index (χ1n) is 8.30. The lowest BCUT2D eigenvalue weighted by molar-refractivity contribution is -0.142. The predicted molar refractivity (Wildman–Crippen MR) is 92.9 cm³/mol. The highest BCUT2D eigenvalue weighted by Crippen LogP contribution is 2.36. The van der Waals surface area contributed by atoms with E-state index < -0.39 is 0 Å². The second-order valence-electron chi connectivity index (χ2n) is 7.73. The Balaban J connectivity index is 2.27. The van der Waals surface area contributed by atoms with Crippen LogP contribution in [0, 0.1) is 5.92 Å². The molecule has 22 heavy (non-hydrogen) atoms. The fourth-order valence-corrected chi connectivity index (χ4v) is 2.85. The summed E-state index contributed by atoms with van der Waals surface area (Å²) < 4.78 is 11.8. The molecule has 0 fully saturated rings. The summed E-state index contributed by atoms with van der Waals surface area (Å²) in [5.41, 5.74) is 5.60. The Kier molecular flexibility index (Phi) is 5.46. The van der Waals surface area contributed by atoms with E-state index in [1.807, 2.05) is 0 Å². The van der Waals surface area contributed by atoms with E-state index in [4.69, 9.17) is 9.47 Å². The molecule has 1 unspecified atom stereocenters. The minimum Gasteiger partial charge on any atom is -0.352 e. The Bertz CT molecular complexity index is 535. The maximum Gasteiger partial charge on any atom is 0.162 e. The third kappa shape index (κ3) is 4.21. The summed E-state index contributed by atoms with van der Waals surface area (Å²) in [6.45, 7) is 14.7. The molecule has 1 aliphatic heterocycles. The Morgan fingerprint density at radius 1 is 1.23 bits per heavy atom. The molecule has 0 saturated heterocycles. The van der Waals surface area contributed by atoms with Gasteiger partial charge in [-0.3, -0.25) is 0 Å². The van der Waals surface area contributed by atoms with Crippen LogP contribution in [0.3, 0.4) is 0 Å². The van der Waals surface area contributed by atoms with Gasteiger partial charge < -0.3 is 9.47 Å². The molecule has 0 aromatic heterocycles. The molecule has 1 aromatic carbocycles. The molecule has 2 rings (SSSR count). The number of hydrogen-bond acceptors (Lipinski definition) is 2. The first-order valence-corrected chi connectivity index (χ1v) is 8.30. The van der Waals surface area contributed by atoms with E-state index in [2.05, 4.69) is 65.8 Å². The van der Waals surface area contributed by atoms with Gasteiger partial charge in [0.15, 0.2) is 6.29 Å². The van der Waals surface area contributed by atoms with E-state index in [9.17, 15) is 0 Å². The molecule has 0 N–H and O–H groups in total. The van der Waals surface area contributed by atoms with Crippen molar-refractivity contribution in [3.05, 3.63) is 41.0 Å². The summed E-state index contributed by atoms with van der Waals surface area (Å²) in [4.78, 5) is 0. The molecular formula is C20H30O2. The van der Waals surface area contributed by atoms with Crippen molar-refractivity contribution < 1.29 is 9.47 Å². The molecule has 1 aliphatic rings. The van der Waals surface area contributed by atoms with Crippen LogP contribution >= 0.6 is 0 Å². The van der Waals surface area contributed by atoms with Crippen LogP contribution in [0.25, 0.3) is 5.57 Å². The lowest BCUT2D eigenvalue weighted by Crippen LogP contribution is -2.26. The van der Waals surface area contributed by atoms with Gasteiger partial charge in [-0.25, -0.2) is 0 Å².